The van der Waals surface area contributed by atoms with E-state index in [4.69, 9.17) is 10.5 Å². The quantitative estimate of drug-likeness (QED) is 0.242. The van der Waals surface area contributed by atoms with E-state index in [-0.39, 0.29) is 23.5 Å². The number of thioether (sulfide) groups is 1. The maximum Gasteiger partial charge on any atom is 0.326 e. The first-order valence-corrected chi connectivity index (χ1v) is 12.1. The lowest BCUT2D eigenvalue weighted by Crippen LogP contribution is -2.50. The number of hydrogen-bond donors (Lipinski definition) is 5. The van der Waals surface area contributed by atoms with Gasteiger partial charge in [0.25, 0.3) is 11.1 Å². The van der Waals surface area contributed by atoms with Crippen LogP contribution < -0.4 is 21.1 Å². The molecule has 0 radical (unpaired) electrons. The number of carboxylic acid groups (broad SMARTS) is 1. The first-order chi connectivity index (χ1) is 18.2. The van der Waals surface area contributed by atoms with Crippen LogP contribution in [-0.2, 0) is 27.2 Å². The average molecular weight is 540 g/mol. The van der Waals surface area contributed by atoms with Crippen molar-refractivity contribution in [2.75, 3.05) is 0 Å². The number of carbonyl (C=O) groups excluding carboxylic acids is 3. The summed E-state index contributed by atoms with van der Waals surface area (Å²) in [6.07, 6.45) is 4.51. The Morgan fingerprint density at radius 2 is 1.95 bits per heavy atom. The lowest BCUT2D eigenvalue weighted by Gasteiger charge is -2.18. The molecule has 2 atom stereocenters. The molecule has 1 saturated heterocycles. The van der Waals surface area contributed by atoms with Crippen LogP contribution in [0.2, 0.25) is 0 Å². The molecule has 0 spiro atoms. The molecular formula is C25H22FN5O6S. The molecule has 2 heterocycles. The Labute approximate surface area is 219 Å². The van der Waals surface area contributed by atoms with Gasteiger partial charge in [-0.15, -0.1) is 0 Å². The van der Waals surface area contributed by atoms with Crippen molar-refractivity contribution in [2.24, 2.45) is 5.73 Å². The second-order valence-electron chi connectivity index (χ2n) is 8.26. The first-order valence-electron chi connectivity index (χ1n) is 11.3. The fourth-order valence-corrected chi connectivity index (χ4v) is 4.20. The van der Waals surface area contributed by atoms with Crippen LogP contribution in [0.1, 0.15) is 16.8 Å². The highest BCUT2D eigenvalue weighted by molar-refractivity contribution is 8.18. The predicted octanol–water partition coefficient (Wildman–Crippen LogP) is 2.35. The van der Waals surface area contributed by atoms with Crippen LogP contribution in [0.4, 0.5) is 9.18 Å². The van der Waals surface area contributed by atoms with Crippen molar-refractivity contribution in [3.63, 3.8) is 0 Å². The highest BCUT2D eigenvalue weighted by Crippen LogP contribution is 2.28. The Balaban J connectivity index is 1.37. The van der Waals surface area contributed by atoms with Crippen LogP contribution >= 0.6 is 11.8 Å². The number of nitrogens with zero attached hydrogens (tertiary/aromatic N) is 1. The van der Waals surface area contributed by atoms with Gasteiger partial charge < -0.3 is 25.9 Å². The zero-order valence-electron chi connectivity index (χ0n) is 19.6. The molecule has 3 amide bonds. The monoisotopic (exact) mass is 539 g/mol. The molecule has 4 rings (SSSR count). The summed E-state index contributed by atoms with van der Waals surface area (Å²) in [5.74, 6) is -2.92. The number of ether oxygens (including phenoxy) is 1. The lowest BCUT2D eigenvalue weighted by atomic mass is 10.0. The number of benzene rings is 2. The van der Waals surface area contributed by atoms with Crippen LogP contribution in [0.5, 0.6) is 11.5 Å². The van der Waals surface area contributed by atoms with Crippen molar-refractivity contribution >= 4 is 40.9 Å². The largest absolute Gasteiger partial charge is 0.480 e. The van der Waals surface area contributed by atoms with Gasteiger partial charge in [0.15, 0.2) is 11.6 Å². The van der Waals surface area contributed by atoms with Gasteiger partial charge in [-0.1, -0.05) is 18.2 Å². The fraction of sp³-hybridized carbons (Fsp3) is 0.160. The summed E-state index contributed by atoms with van der Waals surface area (Å²) in [6, 6.07) is 8.08. The number of H-pyrrole nitrogens is 1. The summed E-state index contributed by atoms with van der Waals surface area (Å²) in [4.78, 5) is 54.0. The van der Waals surface area contributed by atoms with Crippen LogP contribution in [0.3, 0.4) is 0 Å². The molecule has 2 unspecified atom stereocenters. The van der Waals surface area contributed by atoms with Crippen LogP contribution in [0.25, 0.3) is 6.08 Å². The Morgan fingerprint density at radius 1 is 1.18 bits per heavy atom. The molecule has 1 fully saturated rings. The molecule has 1 aromatic heterocycles. The van der Waals surface area contributed by atoms with Crippen molar-refractivity contribution in [2.45, 2.75) is 24.9 Å². The number of imidazole rings is 1. The molecule has 3 aromatic rings. The number of nitrogens with two attached hydrogens (primary N) is 1. The smallest absolute Gasteiger partial charge is 0.326 e. The summed E-state index contributed by atoms with van der Waals surface area (Å²) in [6.45, 7) is 0. The van der Waals surface area contributed by atoms with Crippen molar-refractivity contribution < 1.29 is 33.4 Å². The number of aromatic amines is 1. The first kappa shape index (κ1) is 26.6. The topological polar surface area (TPSA) is 176 Å². The van der Waals surface area contributed by atoms with E-state index >= 15 is 0 Å². The van der Waals surface area contributed by atoms with E-state index in [9.17, 15) is 28.7 Å². The number of imide groups is 1. The summed E-state index contributed by atoms with van der Waals surface area (Å²) in [5, 5.41) is 13.7. The van der Waals surface area contributed by atoms with E-state index in [1.807, 2.05) is 0 Å². The Bertz CT molecular complexity index is 1390. The normalized spacial score (nSPS) is 15.7. The second-order valence-corrected chi connectivity index (χ2v) is 9.28. The number of carbonyl (C=O) groups is 4. The number of nitrogens with one attached hydrogen (secondary N) is 3. The third-order valence-corrected chi connectivity index (χ3v) is 6.23. The van der Waals surface area contributed by atoms with E-state index in [1.165, 1.54) is 18.5 Å². The molecule has 0 aliphatic carbocycles. The number of aromatic nitrogens is 2. The van der Waals surface area contributed by atoms with E-state index < -0.39 is 40.9 Å². The van der Waals surface area contributed by atoms with Gasteiger partial charge in [0.1, 0.15) is 11.8 Å². The average Bonchev–Trinajstić information content (AvgIpc) is 3.50. The van der Waals surface area contributed by atoms with Gasteiger partial charge in [-0.25, -0.2) is 14.2 Å². The molecular weight excluding hydrogens is 517 g/mol. The van der Waals surface area contributed by atoms with Gasteiger partial charge in [0.2, 0.25) is 5.91 Å². The summed E-state index contributed by atoms with van der Waals surface area (Å²) in [7, 11) is 0. The standard InChI is InChI=1S/C25H22FN5O6S/c26-17-7-14(8-19(24(34)35)30-22(32)18(27)10-15-11-28-12-29-15)3-6-20(17)37-16-4-1-13(2-5-16)9-21-23(33)31-25(36)38-21/h1-7,9,11-12,18-19H,8,10,27H2,(H,28,29)(H,30,32)(H,34,35)(H,31,33,36). The van der Waals surface area contributed by atoms with Crippen LogP contribution in [0.15, 0.2) is 59.9 Å². The second kappa shape index (κ2) is 11.7. The SMILES string of the molecule is NC(Cc1c[nH]cn1)C(=O)NC(Cc1ccc(Oc2ccc(C=C3SC(=O)NC3=O)cc2)c(F)c1)C(=O)O. The third kappa shape index (κ3) is 6.83. The number of amides is 3. The van der Waals surface area contributed by atoms with Crippen molar-refractivity contribution in [3.8, 4) is 11.5 Å². The highest BCUT2D eigenvalue weighted by atomic mass is 32.2. The molecule has 196 valence electrons. The maximum absolute atomic E-state index is 14.7. The summed E-state index contributed by atoms with van der Waals surface area (Å²) >= 11 is 0.800. The zero-order chi connectivity index (χ0) is 27.2. The number of hydrogen-bond acceptors (Lipinski definition) is 8. The van der Waals surface area contributed by atoms with Crippen LogP contribution in [0, 0.1) is 5.82 Å². The van der Waals surface area contributed by atoms with Gasteiger partial charge in [0.05, 0.1) is 23.0 Å². The molecule has 1 aliphatic rings. The number of rotatable bonds is 10. The molecule has 0 saturated carbocycles. The molecule has 38 heavy (non-hydrogen) atoms. The molecule has 1 aliphatic heterocycles. The maximum atomic E-state index is 14.7. The minimum absolute atomic E-state index is 0.0897. The van der Waals surface area contributed by atoms with Crippen molar-refractivity contribution in [3.05, 3.63) is 82.5 Å². The van der Waals surface area contributed by atoms with E-state index in [2.05, 4.69) is 20.6 Å². The Hall–Kier alpha value is -4.49. The van der Waals surface area contributed by atoms with Gasteiger partial charge in [-0.3, -0.25) is 19.7 Å². The van der Waals surface area contributed by atoms with Crippen molar-refractivity contribution in [1.29, 1.82) is 0 Å². The number of halogens is 1. The Kier molecular flexibility index (Phi) is 8.19. The van der Waals surface area contributed by atoms with Gasteiger partial charge in [0, 0.05) is 19.0 Å². The van der Waals surface area contributed by atoms with Gasteiger partial charge >= 0.3 is 5.97 Å². The van der Waals surface area contributed by atoms with E-state index in [0.29, 0.717) is 22.6 Å². The fourth-order valence-electron chi connectivity index (χ4n) is 3.52. The number of carboxylic acids is 1. The number of aliphatic carboxylic acids is 1. The van der Waals surface area contributed by atoms with Crippen LogP contribution in [-0.4, -0.2) is 50.2 Å². The zero-order valence-corrected chi connectivity index (χ0v) is 20.5. The van der Waals surface area contributed by atoms with Gasteiger partial charge in [-0.05, 0) is 53.2 Å². The molecule has 0 bridgehead atoms. The Morgan fingerprint density at radius 3 is 2.55 bits per heavy atom. The minimum atomic E-state index is -1.32. The highest BCUT2D eigenvalue weighted by Gasteiger charge is 2.26. The third-order valence-electron chi connectivity index (χ3n) is 5.42. The minimum Gasteiger partial charge on any atom is -0.480 e. The van der Waals surface area contributed by atoms with Crippen molar-refractivity contribution in [1.82, 2.24) is 20.6 Å². The van der Waals surface area contributed by atoms with E-state index in [0.717, 1.165) is 17.8 Å². The molecule has 13 heteroatoms. The van der Waals surface area contributed by atoms with E-state index in [1.54, 1.807) is 36.5 Å². The lowest BCUT2D eigenvalue weighted by molar-refractivity contribution is -0.142. The summed E-state index contributed by atoms with van der Waals surface area (Å²) < 4.78 is 20.3. The molecule has 11 nitrogen and oxygen atoms in total. The van der Waals surface area contributed by atoms with Gasteiger partial charge in [-0.2, -0.15) is 0 Å². The summed E-state index contributed by atoms with van der Waals surface area (Å²) in [5.41, 5.74) is 7.39. The predicted molar refractivity (Wildman–Crippen MR) is 136 cm³/mol. The molecule has 2 aromatic carbocycles. The molecule has 6 N–H and O–H groups in total.